The van der Waals surface area contributed by atoms with Crippen molar-refractivity contribution in [2.75, 3.05) is 6.54 Å². The predicted octanol–water partition coefficient (Wildman–Crippen LogP) is -0.0566. The Bertz CT molecular complexity index is 652. The number of hydrogen-bond acceptors (Lipinski definition) is 4. The molecule has 8 heteroatoms. The average Bonchev–Trinajstić information content (AvgIpc) is 2.89. The summed E-state index contributed by atoms with van der Waals surface area (Å²) in [7, 11) is 0. The van der Waals surface area contributed by atoms with Gasteiger partial charge in [0.25, 0.3) is 0 Å². The van der Waals surface area contributed by atoms with Gasteiger partial charge < -0.3 is 21.1 Å². The van der Waals surface area contributed by atoms with E-state index in [-0.39, 0.29) is 25.3 Å². The molecule has 0 radical (unpaired) electrons. The zero-order valence-corrected chi connectivity index (χ0v) is 14.8. The maximum absolute atomic E-state index is 12.4. The molecule has 4 N–H and O–H groups in total. The van der Waals surface area contributed by atoms with Gasteiger partial charge in [0.15, 0.2) is 0 Å². The molecule has 0 aliphatic carbocycles. The van der Waals surface area contributed by atoms with Crippen LogP contribution in [-0.4, -0.2) is 52.5 Å². The van der Waals surface area contributed by atoms with Crippen molar-refractivity contribution < 1.29 is 19.5 Å². The number of benzene rings is 1. The molecular weight excluding hydrogens is 378 g/mol. The van der Waals surface area contributed by atoms with E-state index in [1.54, 1.807) is 0 Å². The Hall–Kier alpha value is -1.93. The van der Waals surface area contributed by atoms with Gasteiger partial charge in [-0.2, -0.15) is 0 Å². The lowest BCUT2D eigenvalue weighted by Gasteiger charge is -2.24. The summed E-state index contributed by atoms with van der Waals surface area (Å²) in [5.41, 5.74) is 6.23. The highest BCUT2D eigenvalue weighted by Crippen LogP contribution is 2.19. The molecule has 2 rings (SSSR count). The van der Waals surface area contributed by atoms with Crippen LogP contribution >= 0.6 is 15.9 Å². The van der Waals surface area contributed by atoms with Gasteiger partial charge in [-0.3, -0.25) is 14.4 Å². The normalized spacial score (nSPS) is 21.4. The van der Waals surface area contributed by atoms with E-state index in [9.17, 15) is 19.5 Å². The summed E-state index contributed by atoms with van der Waals surface area (Å²) in [6, 6.07) is 5.66. The summed E-state index contributed by atoms with van der Waals surface area (Å²) in [5, 5.41) is 12.3. The molecule has 7 nitrogen and oxygen atoms in total. The van der Waals surface area contributed by atoms with Gasteiger partial charge in [0.2, 0.25) is 17.7 Å². The lowest BCUT2D eigenvalue weighted by atomic mass is 10.0. The Labute approximate surface area is 148 Å². The van der Waals surface area contributed by atoms with Crippen molar-refractivity contribution in [3.8, 4) is 0 Å². The third-order valence-corrected chi connectivity index (χ3v) is 4.47. The molecule has 0 saturated carbocycles. The number of nitrogens with one attached hydrogen (secondary N) is 1. The van der Waals surface area contributed by atoms with Gasteiger partial charge in [0.1, 0.15) is 12.1 Å². The van der Waals surface area contributed by atoms with Crippen LogP contribution in [-0.2, 0) is 20.8 Å². The summed E-state index contributed by atoms with van der Waals surface area (Å²) in [5.74, 6) is -1.44. The number of halogens is 1. The number of likely N-dealkylation sites (tertiary alicyclic amines) is 1. The van der Waals surface area contributed by atoms with Crippen LogP contribution in [0.1, 0.15) is 18.9 Å². The Balaban J connectivity index is 2.08. The number of nitrogens with zero attached hydrogens (tertiary/aromatic N) is 1. The van der Waals surface area contributed by atoms with E-state index in [0.29, 0.717) is 0 Å². The number of aliphatic hydroxyl groups excluding tert-OH is 1. The van der Waals surface area contributed by atoms with Crippen LogP contribution in [0, 0.1) is 0 Å². The number of nitrogens with two attached hydrogens (primary N) is 1. The molecule has 0 aromatic heterocycles. The highest BCUT2D eigenvalue weighted by Gasteiger charge is 2.38. The summed E-state index contributed by atoms with van der Waals surface area (Å²) in [6.45, 7) is 1.45. The third-order valence-electron chi connectivity index (χ3n) is 3.97. The lowest BCUT2D eigenvalue weighted by Crippen LogP contribution is -2.52. The molecule has 24 heavy (non-hydrogen) atoms. The van der Waals surface area contributed by atoms with E-state index in [1.807, 2.05) is 24.3 Å². The number of amides is 3. The van der Waals surface area contributed by atoms with E-state index in [2.05, 4.69) is 21.2 Å². The van der Waals surface area contributed by atoms with Crippen LogP contribution in [0.3, 0.4) is 0 Å². The predicted molar refractivity (Wildman–Crippen MR) is 90.8 cm³/mol. The first-order valence-corrected chi connectivity index (χ1v) is 8.36. The highest BCUT2D eigenvalue weighted by atomic mass is 79.9. The molecule has 3 amide bonds. The summed E-state index contributed by atoms with van der Waals surface area (Å²) >= 11 is 3.35. The van der Waals surface area contributed by atoms with Gasteiger partial charge in [-0.1, -0.05) is 28.1 Å². The molecule has 0 spiro atoms. The second kappa shape index (κ2) is 7.76. The average molecular weight is 398 g/mol. The van der Waals surface area contributed by atoms with Gasteiger partial charge in [-0.25, -0.2) is 0 Å². The zero-order valence-electron chi connectivity index (χ0n) is 13.2. The molecule has 1 aromatic rings. The molecule has 1 aliphatic heterocycles. The summed E-state index contributed by atoms with van der Waals surface area (Å²) < 4.78 is 0.858. The third kappa shape index (κ3) is 4.55. The van der Waals surface area contributed by atoms with E-state index in [0.717, 1.165) is 10.0 Å². The smallest absolute Gasteiger partial charge is 0.243 e. The second-order valence-corrected chi connectivity index (χ2v) is 6.79. The second-order valence-electron chi connectivity index (χ2n) is 5.87. The van der Waals surface area contributed by atoms with E-state index in [4.69, 9.17) is 5.73 Å². The molecule has 1 saturated heterocycles. The van der Waals surface area contributed by atoms with Crippen molar-refractivity contribution in [3.63, 3.8) is 0 Å². The number of primary amides is 1. The summed E-state index contributed by atoms with van der Waals surface area (Å²) in [6.07, 6.45) is -0.356. The van der Waals surface area contributed by atoms with Crippen LogP contribution < -0.4 is 11.1 Å². The molecule has 0 unspecified atom stereocenters. The Morgan fingerprint density at radius 1 is 1.46 bits per heavy atom. The van der Waals surface area contributed by atoms with Crippen LogP contribution in [0.5, 0.6) is 0 Å². The topological polar surface area (TPSA) is 113 Å². The number of rotatable bonds is 5. The van der Waals surface area contributed by atoms with Gasteiger partial charge >= 0.3 is 0 Å². The fraction of sp³-hybridized carbons (Fsp3) is 0.438. The van der Waals surface area contributed by atoms with E-state index in [1.165, 1.54) is 11.8 Å². The van der Waals surface area contributed by atoms with E-state index < -0.39 is 30.0 Å². The van der Waals surface area contributed by atoms with Gasteiger partial charge in [-0.15, -0.1) is 0 Å². The molecule has 0 bridgehead atoms. The lowest BCUT2D eigenvalue weighted by molar-refractivity contribution is -0.138. The monoisotopic (exact) mass is 397 g/mol. The minimum atomic E-state index is -0.890. The molecule has 1 heterocycles. The molecule has 1 aromatic carbocycles. The van der Waals surface area contributed by atoms with Gasteiger partial charge in [-0.05, 0) is 17.7 Å². The van der Waals surface area contributed by atoms with Crippen molar-refractivity contribution in [2.24, 2.45) is 5.73 Å². The van der Waals surface area contributed by atoms with Crippen molar-refractivity contribution in [1.82, 2.24) is 10.2 Å². The van der Waals surface area contributed by atoms with Gasteiger partial charge in [0.05, 0.1) is 6.10 Å². The quantitative estimate of drug-likeness (QED) is 0.645. The first-order chi connectivity index (χ1) is 11.3. The van der Waals surface area contributed by atoms with Gasteiger partial charge in [0, 0.05) is 30.8 Å². The zero-order chi connectivity index (χ0) is 17.9. The molecule has 130 valence electrons. The minimum Gasteiger partial charge on any atom is -0.391 e. The minimum absolute atomic E-state index is 0.111. The van der Waals surface area contributed by atoms with Crippen molar-refractivity contribution >= 4 is 33.7 Å². The fourth-order valence-corrected chi connectivity index (χ4v) is 3.25. The molecule has 1 aliphatic rings. The first-order valence-electron chi connectivity index (χ1n) is 7.57. The maximum atomic E-state index is 12.4. The SMILES string of the molecule is CC(=O)N1C[C@H](O)C[C@H]1C(=O)N[C@H](Cc1cccc(Br)c1)C(N)=O. The first kappa shape index (κ1) is 18.4. The number of aliphatic hydroxyl groups is 1. The Morgan fingerprint density at radius 2 is 2.17 bits per heavy atom. The van der Waals surface area contributed by atoms with Crippen molar-refractivity contribution in [1.29, 1.82) is 0 Å². The Morgan fingerprint density at radius 3 is 2.75 bits per heavy atom. The molecule has 1 fully saturated rings. The van der Waals surface area contributed by atoms with Crippen molar-refractivity contribution in [3.05, 3.63) is 34.3 Å². The number of β-amino-alcohol motifs (C(OH)–C–C–N with tert-alkyl or cyclic N) is 1. The molecular formula is C16H20BrN3O4. The maximum Gasteiger partial charge on any atom is 0.243 e. The number of carbonyl (C=O) groups excluding carboxylic acids is 3. The van der Waals surface area contributed by atoms with Crippen LogP contribution in [0.2, 0.25) is 0 Å². The number of carbonyl (C=O) groups is 3. The molecule has 3 atom stereocenters. The van der Waals surface area contributed by atoms with E-state index >= 15 is 0 Å². The Kier molecular flexibility index (Phi) is 5.95. The van der Waals surface area contributed by atoms with Crippen LogP contribution in [0.4, 0.5) is 0 Å². The highest BCUT2D eigenvalue weighted by molar-refractivity contribution is 9.10. The number of hydrogen-bond donors (Lipinski definition) is 3. The van der Waals surface area contributed by atoms with Crippen molar-refractivity contribution in [2.45, 2.75) is 38.0 Å². The van der Waals surface area contributed by atoms with Crippen LogP contribution in [0.25, 0.3) is 0 Å². The largest absolute Gasteiger partial charge is 0.391 e. The standard InChI is InChI=1S/C16H20BrN3O4/c1-9(21)20-8-12(22)7-14(20)16(24)19-13(15(18)23)6-10-3-2-4-11(17)5-10/h2-5,12-14,22H,6-8H2,1H3,(H2,18,23)(H,19,24)/t12-,13-,14+/m1/s1. The summed E-state index contributed by atoms with van der Waals surface area (Å²) in [4.78, 5) is 37.0. The van der Waals surface area contributed by atoms with Crippen LogP contribution in [0.15, 0.2) is 28.7 Å². The fourth-order valence-electron chi connectivity index (χ4n) is 2.80.